The lowest BCUT2D eigenvalue weighted by Crippen LogP contribution is -1.86. The van der Waals surface area contributed by atoms with E-state index < -0.39 is 0 Å². The minimum atomic E-state index is -0.127. The van der Waals surface area contributed by atoms with Gasteiger partial charge in [-0.1, -0.05) is 0 Å². The highest BCUT2D eigenvalue weighted by Gasteiger charge is 2.08. The monoisotopic (exact) mass is 203 g/mol. The van der Waals surface area contributed by atoms with Gasteiger partial charge in [-0.3, -0.25) is 4.79 Å². The van der Waals surface area contributed by atoms with Crippen LogP contribution in [0.4, 0.5) is 5.69 Å². The van der Waals surface area contributed by atoms with Gasteiger partial charge in [0.2, 0.25) is 0 Å². The highest BCUT2D eigenvalue weighted by molar-refractivity contribution is 9.10. The fourth-order valence-electron chi connectivity index (χ4n) is 0.556. The van der Waals surface area contributed by atoms with Gasteiger partial charge in [0.15, 0.2) is 16.2 Å². The Hall–Kier alpha value is -0.770. The molecule has 1 heterocycles. The van der Waals surface area contributed by atoms with Crippen LogP contribution in [0.25, 0.3) is 0 Å². The van der Waals surface area contributed by atoms with Gasteiger partial charge in [0.05, 0.1) is 5.69 Å². The van der Waals surface area contributed by atoms with E-state index in [0.717, 1.165) is 0 Å². The number of halogens is 1. The molecule has 10 heavy (non-hydrogen) atoms. The van der Waals surface area contributed by atoms with Gasteiger partial charge in [-0.25, -0.2) is 0 Å². The summed E-state index contributed by atoms with van der Waals surface area (Å²) in [6.45, 7) is 1.42. The molecular weight excluding hydrogens is 198 g/mol. The molecule has 54 valence electrons. The molecule has 0 atom stereocenters. The third-order valence-electron chi connectivity index (χ3n) is 1.06. The molecule has 0 saturated carbocycles. The van der Waals surface area contributed by atoms with Crippen LogP contribution in [0.3, 0.4) is 0 Å². The molecule has 1 aromatic rings. The van der Waals surface area contributed by atoms with Crippen molar-refractivity contribution in [3.63, 3.8) is 0 Å². The maximum absolute atomic E-state index is 10.6. The maximum Gasteiger partial charge on any atom is 0.195 e. The van der Waals surface area contributed by atoms with Crippen molar-refractivity contribution in [2.24, 2.45) is 0 Å². The molecule has 1 aromatic heterocycles. The second-order valence-corrected chi connectivity index (χ2v) is 2.62. The van der Waals surface area contributed by atoms with Crippen LogP contribution in [0.1, 0.15) is 17.5 Å². The summed E-state index contributed by atoms with van der Waals surface area (Å²) in [7, 11) is 0. The molecule has 0 spiro atoms. The van der Waals surface area contributed by atoms with Crippen molar-refractivity contribution in [2.75, 3.05) is 5.73 Å². The van der Waals surface area contributed by atoms with Crippen LogP contribution < -0.4 is 5.73 Å². The van der Waals surface area contributed by atoms with Crippen molar-refractivity contribution >= 4 is 27.4 Å². The molecule has 0 amide bonds. The molecule has 0 aliphatic carbocycles. The van der Waals surface area contributed by atoms with Crippen LogP contribution >= 0.6 is 15.9 Å². The molecule has 0 aliphatic rings. The second-order valence-electron chi connectivity index (χ2n) is 1.90. The van der Waals surface area contributed by atoms with E-state index in [-0.39, 0.29) is 11.5 Å². The van der Waals surface area contributed by atoms with E-state index in [9.17, 15) is 4.79 Å². The zero-order valence-electron chi connectivity index (χ0n) is 5.35. The molecular formula is C6H6BrNO2. The predicted octanol–water partition coefficient (Wildman–Crippen LogP) is 1.83. The number of hydrogen-bond acceptors (Lipinski definition) is 3. The van der Waals surface area contributed by atoms with Crippen LogP contribution in [0.15, 0.2) is 15.2 Å². The van der Waals surface area contributed by atoms with E-state index in [1.54, 1.807) is 0 Å². The Bertz CT molecular complexity index is 247. The van der Waals surface area contributed by atoms with Gasteiger partial charge in [0.1, 0.15) is 0 Å². The Labute approximate surface area is 66.3 Å². The number of rotatable bonds is 1. The third-order valence-corrected chi connectivity index (χ3v) is 1.68. The van der Waals surface area contributed by atoms with Crippen LogP contribution in [0.5, 0.6) is 0 Å². The zero-order valence-corrected chi connectivity index (χ0v) is 6.94. The number of carbonyl (C=O) groups is 1. The summed E-state index contributed by atoms with van der Waals surface area (Å²) in [5, 5.41) is 0. The van der Waals surface area contributed by atoms with Crippen molar-refractivity contribution in [3.8, 4) is 0 Å². The van der Waals surface area contributed by atoms with E-state index in [0.29, 0.717) is 10.4 Å². The number of nitrogens with two attached hydrogens (primary N) is 1. The maximum atomic E-state index is 10.6. The summed E-state index contributed by atoms with van der Waals surface area (Å²) < 4.78 is 5.33. The molecule has 1 rings (SSSR count). The van der Waals surface area contributed by atoms with Gasteiger partial charge in [-0.15, -0.1) is 0 Å². The molecule has 0 aromatic carbocycles. The summed E-state index contributed by atoms with van der Waals surface area (Å²) in [6.07, 6.45) is 0. The first-order chi connectivity index (χ1) is 4.61. The van der Waals surface area contributed by atoms with Crippen LogP contribution in [-0.4, -0.2) is 5.78 Å². The lowest BCUT2D eigenvalue weighted by Gasteiger charge is -1.82. The largest absolute Gasteiger partial charge is 0.444 e. The number of carbonyl (C=O) groups excluding carboxylic acids is 1. The first-order valence-electron chi connectivity index (χ1n) is 2.67. The van der Waals surface area contributed by atoms with Crippen molar-refractivity contribution in [2.45, 2.75) is 6.92 Å². The molecule has 0 bridgehead atoms. The predicted molar refractivity (Wildman–Crippen MR) is 40.8 cm³/mol. The summed E-state index contributed by atoms with van der Waals surface area (Å²) in [5.74, 6) is 0.154. The number of hydrogen-bond donors (Lipinski definition) is 1. The zero-order chi connectivity index (χ0) is 7.72. The quantitative estimate of drug-likeness (QED) is 0.709. The van der Waals surface area contributed by atoms with Gasteiger partial charge in [0.25, 0.3) is 0 Å². The van der Waals surface area contributed by atoms with Crippen LogP contribution in [0.2, 0.25) is 0 Å². The van der Waals surface area contributed by atoms with Crippen molar-refractivity contribution in [1.29, 1.82) is 0 Å². The van der Waals surface area contributed by atoms with Gasteiger partial charge >= 0.3 is 0 Å². The fraction of sp³-hybridized carbons (Fsp3) is 0.167. The minimum absolute atomic E-state index is 0.127. The Kier molecular flexibility index (Phi) is 1.80. The number of ketones is 1. The Balaban J connectivity index is 3.10. The molecule has 2 N–H and O–H groups in total. The Morgan fingerprint density at radius 2 is 2.40 bits per heavy atom. The summed E-state index contributed by atoms with van der Waals surface area (Å²) in [5.41, 5.74) is 5.83. The molecule has 4 heteroatoms. The molecule has 0 saturated heterocycles. The number of Topliss-reactive ketones (excluding diaryl/α,β-unsaturated/α-hetero) is 1. The van der Waals surface area contributed by atoms with Gasteiger partial charge in [0, 0.05) is 13.0 Å². The van der Waals surface area contributed by atoms with Crippen LogP contribution in [-0.2, 0) is 0 Å². The minimum Gasteiger partial charge on any atom is -0.444 e. The third kappa shape index (κ3) is 1.21. The van der Waals surface area contributed by atoms with E-state index in [1.165, 1.54) is 13.0 Å². The summed E-state index contributed by atoms with van der Waals surface area (Å²) in [6, 6.07) is 1.49. The van der Waals surface area contributed by atoms with Gasteiger partial charge in [-0.2, -0.15) is 0 Å². The Morgan fingerprint density at radius 1 is 1.80 bits per heavy atom. The van der Waals surface area contributed by atoms with Crippen molar-refractivity contribution in [3.05, 3.63) is 16.5 Å². The van der Waals surface area contributed by atoms with E-state index in [4.69, 9.17) is 10.2 Å². The molecule has 0 fully saturated rings. The standard InChI is InChI=1S/C6H6BrNO2/c1-3(9)5-2-4(8)6(7)10-5/h2H,8H2,1H3. The normalized spacial score (nSPS) is 9.80. The lowest BCUT2D eigenvalue weighted by atomic mass is 10.3. The van der Waals surface area contributed by atoms with Crippen molar-refractivity contribution in [1.82, 2.24) is 0 Å². The number of furan rings is 1. The average molecular weight is 204 g/mol. The van der Waals surface area contributed by atoms with E-state index in [1.807, 2.05) is 0 Å². The van der Waals surface area contributed by atoms with Gasteiger partial charge in [-0.05, 0) is 15.9 Å². The molecule has 0 radical (unpaired) electrons. The van der Waals surface area contributed by atoms with E-state index in [2.05, 4.69) is 15.9 Å². The van der Waals surface area contributed by atoms with Crippen molar-refractivity contribution < 1.29 is 9.21 Å². The van der Waals surface area contributed by atoms with Gasteiger partial charge < -0.3 is 10.2 Å². The SMILES string of the molecule is CC(=O)c1cc(N)c(Br)o1. The summed E-state index contributed by atoms with van der Waals surface area (Å²) >= 11 is 3.04. The lowest BCUT2D eigenvalue weighted by molar-refractivity contribution is 0.0986. The van der Waals surface area contributed by atoms with E-state index >= 15 is 0 Å². The molecule has 3 nitrogen and oxygen atoms in total. The highest BCUT2D eigenvalue weighted by atomic mass is 79.9. The summed E-state index contributed by atoms with van der Waals surface area (Å²) in [4.78, 5) is 10.6. The van der Waals surface area contributed by atoms with Crippen LogP contribution in [0, 0.1) is 0 Å². The number of anilines is 1. The Morgan fingerprint density at radius 3 is 2.60 bits per heavy atom. The molecule has 0 unspecified atom stereocenters. The fourth-order valence-corrected chi connectivity index (χ4v) is 0.845. The first-order valence-corrected chi connectivity index (χ1v) is 3.46. The number of nitrogen functional groups attached to an aromatic ring is 1. The topological polar surface area (TPSA) is 56.2 Å². The first kappa shape index (κ1) is 7.34. The second kappa shape index (κ2) is 2.46. The average Bonchev–Trinajstić information content (AvgIpc) is 2.13. The smallest absolute Gasteiger partial charge is 0.195 e. The highest BCUT2D eigenvalue weighted by Crippen LogP contribution is 2.23. The molecule has 0 aliphatic heterocycles.